The van der Waals surface area contributed by atoms with Crippen LogP contribution in [0, 0.1) is 10.1 Å². The number of hydrogen-bond acceptors (Lipinski definition) is 4. The zero-order valence-corrected chi connectivity index (χ0v) is 15.4. The molecule has 1 heterocycles. The summed E-state index contributed by atoms with van der Waals surface area (Å²) in [6, 6.07) is 22.1. The fourth-order valence-electron chi connectivity index (χ4n) is 3.40. The lowest BCUT2D eigenvalue weighted by Crippen LogP contribution is -2.37. The molecule has 0 spiro atoms. The molecular formula is C22H17N3O4. The maximum atomic E-state index is 13.2. The van der Waals surface area contributed by atoms with Crippen molar-refractivity contribution in [2.45, 2.75) is 6.54 Å². The molecule has 0 aromatic heterocycles. The minimum absolute atomic E-state index is 0.0638. The van der Waals surface area contributed by atoms with Gasteiger partial charge < -0.3 is 4.90 Å². The minimum atomic E-state index is -0.493. The summed E-state index contributed by atoms with van der Waals surface area (Å²) in [4.78, 5) is 39.7. The maximum absolute atomic E-state index is 13.2. The van der Waals surface area contributed by atoms with Crippen LogP contribution in [-0.2, 0) is 11.3 Å². The number of fused-ring (bicyclic) bond motifs is 1. The molecule has 0 N–H and O–H groups in total. The Morgan fingerprint density at radius 1 is 0.862 bits per heavy atom. The van der Waals surface area contributed by atoms with E-state index in [-0.39, 0.29) is 24.0 Å². The van der Waals surface area contributed by atoms with Gasteiger partial charge in [0.1, 0.15) is 6.54 Å². The Bertz CT molecular complexity index is 1080. The van der Waals surface area contributed by atoms with Crippen LogP contribution in [0.2, 0.25) is 0 Å². The molecule has 1 aliphatic rings. The van der Waals surface area contributed by atoms with Crippen LogP contribution in [0.15, 0.2) is 78.9 Å². The molecule has 7 heteroatoms. The fourth-order valence-corrected chi connectivity index (χ4v) is 3.40. The highest BCUT2D eigenvalue weighted by Crippen LogP contribution is 2.33. The molecule has 3 aromatic rings. The van der Waals surface area contributed by atoms with Gasteiger partial charge in [-0.1, -0.05) is 42.5 Å². The molecule has 0 saturated carbocycles. The van der Waals surface area contributed by atoms with Gasteiger partial charge in [0.05, 0.1) is 16.2 Å². The molecule has 29 heavy (non-hydrogen) atoms. The number of nitrogens with zero attached hydrogens (tertiary/aromatic N) is 3. The number of nitro groups is 1. The summed E-state index contributed by atoms with van der Waals surface area (Å²) in [7, 11) is 0. The second-order valence-electron chi connectivity index (χ2n) is 6.67. The summed E-state index contributed by atoms with van der Waals surface area (Å²) in [6.07, 6.45) is 0. The Hall–Kier alpha value is -4.00. The lowest BCUT2D eigenvalue weighted by Gasteiger charge is -2.23. The quantitative estimate of drug-likeness (QED) is 0.502. The average molecular weight is 387 g/mol. The number of amides is 2. The number of carbonyl (C=O) groups excluding carboxylic acids is 2. The number of nitro benzene ring substituents is 1. The monoisotopic (exact) mass is 387 g/mol. The molecule has 0 saturated heterocycles. The highest BCUT2D eigenvalue weighted by Gasteiger charge is 2.32. The SMILES string of the molecule is O=C1c2ccccc2N(c2ccc([N+](=O)[O-])cc2)C(=O)CN1Cc1ccccc1. The van der Waals surface area contributed by atoms with Crippen molar-refractivity contribution in [2.24, 2.45) is 0 Å². The van der Waals surface area contributed by atoms with Gasteiger partial charge in [0.2, 0.25) is 0 Å². The van der Waals surface area contributed by atoms with Crippen molar-refractivity contribution < 1.29 is 14.5 Å². The van der Waals surface area contributed by atoms with Gasteiger partial charge in [-0.2, -0.15) is 0 Å². The third kappa shape index (κ3) is 3.58. The third-order valence-corrected chi connectivity index (χ3v) is 4.77. The van der Waals surface area contributed by atoms with E-state index in [1.807, 2.05) is 30.3 Å². The third-order valence-electron chi connectivity index (χ3n) is 4.77. The molecule has 0 bridgehead atoms. The summed E-state index contributed by atoms with van der Waals surface area (Å²) in [5.74, 6) is -0.518. The van der Waals surface area contributed by atoms with Crippen LogP contribution < -0.4 is 4.90 Å². The van der Waals surface area contributed by atoms with E-state index < -0.39 is 4.92 Å². The van der Waals surface area contributed by atoms with E-state index >= 15 is 0 Å². The first-order chi connectivity index (χ1) is 14.0. The van der Waals surface area contributed by atoms with E-state index in [0.717, 1.165) is 5.56 Å². The van der Waals surface area contributed by atoms with Crippen LogP contribution in [0.3, 0.4) is 0 Å². The molecule has 1 aliphatic heterocycles. The molecule has 3 aromatic carbocycles. The van der Waals surface area contributed by atoms with Crippen molar-refractivity contribution in [1.29, 1.82) is 0 Å². The molecule has 0 atom stereocenters. The second kappa shape index (κ2) is 7.55. The lowest BCUT2D eigenvalue weighted by atomic mass is 10.1. The fraction of sp³-hybridized carbons (Fsp3) is 0.0909. The highest BCUT2D eigenvalue weighted by molar-refractivity contribution is 6.12. The van der Waals surface area contributed by atoms with Gasteiger partial charge in [-0.25, -0.2) is 0 Å². The predicted octanol–water partition coefficient (Wildman–Crippen LogP) is 3.92. The zero-order valence-electron chi connectivity index (χ0n) is 15.4. The van der Waals surface area contributed by atoms with Gasteiger partial charge in [0.15, 0.2) is 0 Å². The topological polar surface area (TPSA) is 83.8 Å². The Morgan fingerprint density at radius 2 is 1.52 bits per heavy atom. The number of non-ortho nitro benzene ring substituents is 1. The lowest BCUT2D eigenvalue weighted by molar-refractivity contribution is -0.384. The van der Waals surface area contributed by atoms with E-state index in [2.05, 4.69) is 0 Å². The summed E-state index contributed by atoms with van der Waals surface area (Å²) in [6.45, 7) is 0.216. The van der Waals surface area contributed by atoms with Gasteiger partial charge in [-0.3, -0.25) is 24.6 Å². The molecule has 4 rings (SSSR count). The zero-order chi connectivity index (χ0) is 20.4. The van der Waals surface area contributed by atoms with Gasteiger partial charge >= 0.3 is 0 Å². The predicted molar refractivity (Wildman–Crippen MR) is 108 cm³/mol. The van der Waals surface area contributed by atoms with Crippen LogP contribution in [0.4, 0.5) is 17.1 Å². The van der Waals surface area contributed by atoms with Crippen molar-refractivity contribution in [3.63, 3.8) is 0 Å². The Balaban J connectivity index is 1.75. The molecule has 0 fully saturated rings. The van der Waals surface area contributed by atoms with Crippen LogP contribution in [-0.4, -0.2) is 28.2 Å². The summed E-state index contributed by atoms with van der Waals surface area (Å²) >= 11 is 0. The molecular weight excluding hydrogens is 370 g/mol. The first-order valence-electron chi connectivity index (χ1n) is 9.04. The van der Waals surface area contributed by atoms with Gasteiger partial charge in [0.25, 0.3) is 17.5 Å². The van der Waals surface area contributed by atoms with E-state index in [1.54, 1.807) is 24.3 Å². The number of hydrogen-bond donors (Lipinski definition) is 0. The standard InChI is InChI=1S/C22H17N3O4/c26-21-15-23(14-16-6-2-1-3-7-16)22(27)19-8-4-5-9-20(19)24(21)17-10-12-18(13-11-17)25(28)29/h1-13H,14-15H2. The minimum Gasteiger partial charge on any atom is -0.325 e. The summed E-state index contributed by atoms with van der Waals surface area (Å²) in [5.41, 5.74) is 2.21. The molecule has 0 unspecified atom stereocenters. The smallest absolute Gasteiger partial charge is 0.269 e. The molecule has 2 amide bonds. The second-order valence-corrected chi connectivity index (χ2v) is 6.67. The van der Waals surface area contributed by atoms with Crippen LogP contribution in [0.25, 0.3) is 0 Å². The number of carbonyl (C=O) groups is 2. The Labute approximate surface area is 166 Å². The van der Waals surface area contributed by atoms with E-state index in [4.69, 9.17) is 0 Å². The maximum Gasteiger partial charge on any atom is 0.269 e. The summed E-state index contributed by atoms with van der Waals surface area (Å²) < 4.78 is 0. The Kier molecular flexibility index (Phi) is 4.78. The number of para-hydroxylation sites is 1. The molecule has 0 radical (unpaired) electrons. The van der Waals surface area contributed by atoms with Crippen LogP contribution in [0.5, 0.6) is 0 Å². The van der Waals surface area contributed by atoms with Crippen molar-refractivity contribution in [3.05, 3.63) is 100 Å². The van der Waals surface area contributed by atoms with Crippen LogP contribution in [0.1, 0.15) is 15.9 Å². The van der Waals surface area contributed by atoms with Crippen molar-refractivity contribution in [2.75, 3.05) is 11.4 Å². The molecule has 144 valence electrons. The van der Waals surface area contributed by atoms with E-state index in [1.165, 1.54) is 34.1 Å². The van der Waals surface area contributed by atoms with E-state index in [0.29, 0.717) is 23.5 Å². The van der Waals surface area contributed by atoms with Crippen LogP contribution >= 0.6 is 0 Å². The highest BCUT2D eigenvalue weighted by atomic mass is 16.6. The first kappa shape index (κ1) is 18.4. The largest absolute Gasteiger partial charge is 0.325 e. The van der Waals surface area contributed by atoms with E-state index in [9.17, 15) is 19.7 Å². The summed E-state index contributed by atoms with van der Waals surface area (Å²) in [5, 5.41) is 10.9. The average Bonchev–Trinajstić information content (AvgIpc) is 2.84. The molecule has 7 nitrogen and oxygen atoms in total. The first-order valence-corrected chi connectivity index (χ1v) is 9.04. The van der Waals surface area contributed by atoms with Crippen molar-refractivity contribution in [1.82, 2.24) is 4.90 Å². The van der Waals surface area contributed by atoms with Gasteiger partial charge in [0, 0.05) is 24.4 Å². The van der Waals surface area contributed by atoms with Crippen molar-refractivity contribution >= 4 is 28.9 Å². The number of benzene rings is 3. The normalized spacial score (nSPS) is 13.8. The van der Waals surface area contributed by atoms with Crippen molar-refractivity contribution in [3.8, 4) is 0 Å². The van der Waals surface area contributed by atoms with Gasteiger partial charge in [-0.15, -0.1) is 0 Å². The number of rotatable bonds is 4. The number of anilines is 2. The van der Waals surface area contributed by atoms with Gasteiger partial charge in [-0.05, 0) is 29.8 Å². The Morgan fingerprint density at radius 3 is 2.21 bits per heavy atom. The molecule has 0 aliphatic carbocycles.